The maximum absolute atomic E-state index is 5.44. The van der Waals surface area contributed by atoms with Crippen molar-refractivity contribution in [2.75, 3.05) is 13.2 Å². The van der Waals surface area contributed by atoms with Gasteiger partial charge in [0, 0.05) is 19.3 Å². The minimum Gasteiger partial charge on any atom is -0.382 e. The van der Waals surface area contributed by atoms with Crippen LogP contribution in [-0.4, -0.2) is 19.3 Å². The smallest absolute Gasteiger partial charge is 0.0481 e. The lowest BCUT2D eigenvalue weighted by Gasteiger charge is -2.29. The van der Waals surface area contributed by atoms with Gasteiger partial charge in [-0.3, -0.25) is 11.3 Å². The zero-order chi connectivity index (χ0) is 9.61. The summed E-state index contributed by atoms with van der Waals surface area (Å²) in [4.78, 5) is 0. The molecule has 1 unspecified atom stereocenters. The summed E-state index contributed by atoms with van der Waals surface area (Å²) >= 11 is 0. The van der Waals surface area contributed by atoms with Crippen molar-refractivity contribution < 1.29 is 4.74 Å². The first kappa shape index (κ1) is 11.9. The standard InChI is InChI=1S/C9H22N2O/c1-5-12-7-6-8(11-10)9(2,3)4/h8,11H,5-7,10H2,1-4H3. The van der Waals surface area contributed by atoms with Crippen molar-refractivity contribution in [1.29, 1.82) is 0 Å². The number of hydrogen-bond acceptors (Lipinski definition) is 3. The van der Waals surface area contributed by atoms with Crippen molar-refractivity contribution in [3.05, 3.63) is 0 Å². The van der Waals surface area contributed by atoms with Crippen LogP contribution in [0.25, 0.3) is 0 Å². The van der Waals surface area contributed by atoms with Crippen molar-refractivity contribution in [2.45, 2.75) is 40.2 Å². The molecular weight excluding hydrogens is 152 g/mol. The van der Waals surface area contributed by atoms with Crippen molar-refractivity contribution in [2.24, 2.45) is 11.3 Å². The Kier molecular flexibility index (Phi) is 5.46. The molecule has 12 heavy (non-hydrogen) atoms. The normalized spacial score (nSPS) is 14.8. The molecule has 0 rings (SSSR count). The minimum absolute atomic E-state index is 0.200. The number of hydrazine groups is 1. The van der Waals surface area contributed by atoms with Gasteiger partial charge in [0.05, 0.1) is 0 Å². The third-order valence-electron chi connectivity index (χ3n) is 2.00. The average Bonchev–Trinajstić information content (AvgIpc) is 1.95. The van der Waals surface area contributed by atoms with E-state index >= 15 is 0 Å². The van der Waals surface area contributed by atoms with E-state index in [-0.39, 0.29) is 5.41 Å². The lowest BCUT2D eigenvalue weighted by Crippen LogP contribution is -2.45. The highest BCUT2D eigenvalue weighted by molar-refractivity contribution is 4.77. The molecule has 0 heterocycles. The van der Waals surface area contributed by atoms with Gasteiger partial charge in [0.1, 0.15) is 0 Å². The van der Waals surface area contributed by atoms with Crippen LogP contribution in [0.3, 0.4) is 0 Å². The fraction of sp³-hybridized carbons (Fsp3) is 1.00. The Bertz CT molecular complexity index is 110. The summed E-state index contributed by atoms with van der Waals surface area (Å²) in [6.07, 6.45) is 0.966. The Morgan fingerprint density at radius 2 is 2.00 bits per heavy atom. The summed E-state index contributed by atoms with van der Waals surface area (Å²) in [7, 11) is 0. The predicted octanol–water partition coefficient (Wildman–Crippen LogP) is 1.29. The van der Waals surface area contributed by atoms with Crippen LogP contribution in [0.15, 0.2) is 0 Å². The van der Waals surface area contributed by atoms with Crippen molar-refractivity contribution in [3.63, 3.8) is 0 Å². The molecule has 0 fully saturated rings. The Balaban J connectivity index is 3.68. The van der Waals surface area contributed by atoms with Crippen LogP contribution in [0.1, 0.15) is 34.1 Å². The van der Waals surface area contributed by atoms with Gasteiger partial charge in [0.2, 0.25) is 0 Å². The van der Waals surface area contributed by atoms with E-state index in [1.807, 2.05) is 6.92 Å². The number of hydrogen-bond donors (Lipinski definition) is 2. The molecule has 0 aromatic rings. The first-order valence-electron chi connectivity index (χ1n) is 4.56. The van der Waals surface area contributed by atoms with E-state index in [1.165, 1.54) is 0 Å². The van der Waals surface area contributed by atoms with Gasteiger partial charge in [-0.15, -0.1) is 0 Å². The van der Waals surface area contributed by atoms with E-state index in [4.69, 9.17) is 10.6 Å². The molecule has 74 valence electrons. The van der Waals surface area contributed by atoms with Crippen molar-refractivity contribution in [1.82, 2.24) is 5.43 Å². The number of nitrogens with one attached hydrogen (secondary N) is 1. The molecule has 0 saturated heterocycles. The molecule has 0 aromatic heterocycles. The molecule has 0 amide bonds. The van der Waals surface area contributed by atoms with Gasteiger partial charge >= 0.3 is 0 Å². The Morgan fingerprint density at radius 1 is 1.42 bits per heavy atom. The largest absolute Gasteiger partial charge is 0.382 e. The van der Waals surface area contributed by atoms with E-state index in [2.05, 4.69) is 26.2 Å². The van der Waals surface area contributed by atoms with Gasteiger partial charge < -0.3 is 4.74 Å². The maximum atomic E-state index is 5.44. The molecule has 3 heteroatoms. The Morgan fingerprint density at radius 3 is 2.33 bits per heavy atom. The zero-order valence-corrected chi connectivity index (χ0v) is 8.68. The van der Waals surface area contributed by atoms with E-state index in [1.54, 1.807) is 0 Å². The quantitative estimate of drug-likeness (QED) is 0.375. The zero-order valence-electron chi connectivity index (χ0n) is 8.68. The second-order valence-electron chi connectivity index (χ2n) is 4.07. The van der Waals surface area contributed by atoms with E-state index < -0.39 is 0 Å². The lowest BCUT2D eigenvalue weighted by molar-refractivity contribution is 0.118. The van der Waals surface area contributed by atoms with Crippen LogP contribution in [-0.2, 0) is 4.74 Å². The number of ether oxygens (including phenoxy) is 1. The van der Waals surface area contributed by atoms with Gasteiger partial charge in [-0.2, -0.15) is 0 Å². The summed E-state index contributed by atoms with van der Waals surface area (Å²) in [5.74, 6) is 5.44. The maximum Gasteiger partial charge on any atom is 0.0481 e. The Hall–Kier alpha value is -0.120. The van der Waals surface area contributed by atoms with Gasteiger partial charge in [-0.1, -0.05) is 20.8 Å². The SMILES string of the molecule is CCOCCC(NN)C(C)(C)C. The molecule has 1 atom stereocenters. The molecule has 0 spiro atoms. The molecule has 0 radical (unpaired) electrons. The monoisotopic (exact) mass is 174 g/mol. The van der Waals surface area contributed by atoms with E-state index in [0.717, 1.165) is 19.6 Å². The molecule has 0 aromatic carbocycles. The van der Waals surface area contributed by atoms with Crippen LogP contribution in [0.5, 0.6) is 0 Å². The Labute approximate surface area is 75.6 Å². The first-order chi connectivity index (χ1) is 5.52. The molecule has 0 bridgehead atoms. The third kappa shape index (κ3) is 4.70. The highest BCUT2D eigenvalue weighted by atomic mass is 16.5. The molecule has 0 aliphatic heterocycles. The van der Waals surface area contributed by atoms with Crippen LogP contribution in [0.4, 0.5) is 0 Å². The lowest BCUT2D eigenvalue weighted by atomic mass is 9.85. The van der Waals surface area contributed by atoms with Crippen LogP contribution < -0.4 is 11.3 Å². The number of nitrogens with two attached hydrogens (primary N) is 1. The van der Waals surface area contributed by atoms with Gasteiger partial charge in [-0.05, 0) is 18.8 Å². The van der Waals surface area contributed by atoms with Crippen molar-refractivity contribution in [3.8, 4) is 0 Å². The molecule has 0 saturated carbocycles. The van der Waals surface area contributed by atoms with Crippen molar-refractivity contribution >= 4 is 0 Å². The fourth-order valence-electron chi connectivity index (χ4n) is 1.11. The van der Waals surface area contributed by atoms with Gasteiger partial charge in [0.15, 0.2) is 0 Å². The second kappa shape index (κ2) is 5.51. The summed E-state index contributed by atoms with van der Waals surface area (Å²) in [5.41, 5.74) is 3.02. The van der Waals surface area contributed by atoms with E-state index in [9.17, 15) is 0 Å². The van der Waals surface area contributed by atoms with Gasteiger partial charge in [-0.25, -0.2) is 0 Å². The summed E-state index contributed by atoms with van der Waals surface area (Å²) in [6, 6.07) is 0.323. The van der Waals surface area contributed by atoms with Crippen LogP contribution in [0.2, 0.25) is 0 Å². The molecule has 0 aliphatic carbocycles. The second-order valence-corrected chi connectivity index (χ2v) is 4.07. The van der Waals surface area contributed by atoms with Crippen LogP contribution >= 0.6 is 0 Å². The highest BCUT2D eigenvalue weighted by Crippen LogP contribution is 2.20. The topological polar surface area (TPSA) is 47.3 Å². The molecule has 0 aliphatic rings. The highest BCUT2D eigenvalue weighted by Gasteiger charge is 2.22. The summed E-state index contributed by atoms with van der Waals surface area (Å²) in [5, 5.41) is 0. The summed E-state index contributed by atoms with van der Waals surface area (Å²) < 4.78 is 5.27. The van der Waals surface area contributed by atoms with E-state index in [0.29, 0.717) is 6.04 Å². The fourth-order valence-corrected chi connectivity index (χ4v) is 1.11. The molecule has 3 nitrogen and oxygen atoms in total. The number of rotatable bonds is 5. The minimum atomic E-state index is 0.200. The summed E-state index contributed by atoms with van der Waals surface area (Å²) in [6.45, 7) is 10.1. The average molecular weight is 174 g/mol. The predicted molar refractivity (Wildman–Crippen MR) is 51.7 cm³/mol. The molecular formula is C9H22N2O. The van der Waals surface area contributed by atoms with Gasteiger partial charge in [0.25, 0.3) is 0 Å². The first-order valence-corrected chi connectivity index (χ1v) is 4.56. The van der Waals surface area contributed by atoms with Crippen LogP contribution in [0, 0.1) is 5.41 Å². The molecule has 3 N–H and O–H groups in total. The third-order valence-corrected chi connectivity index (χ3v) is 2.00.